The Morgan fingerprint density at radius 2 is 1.81 bits per heavy atom. The predicted octanol–water partition coefficient (Wildman–Crippen LogP) is 3.97. The summed E-state index contributed by atoms with van der Waals surface area (Å²) in [4.78, 5) is 0. The summed E-state index contributed by atoms with van der Waals surface area (Å²) >= 11 is 0. The molecule has 6 nitrogen and oxygen atoms in total. The summed E-state index contributed by atoms with van der Waals surface area (Å²) in [6.07, 6.45) is 9.68. The molecule has 0 spiro atoms. The minimum Gasteiger partial charge on any atom is -0.494 e. The van der Waals surface area contributed by atoms with E-state index in [9.17, 15) is 8.42 Å². The highest BCUT2D eigenvalue weighted by Gasteiger charge is 2.32. The van der Waals surface area contributed by atoms with Crippen molar-refractivity contribution in [2.75, 3.05) is 25.5 Å². The van der Waals surface area contributed by atoms with E-state index in [1.807, 2.05) is 13.0 Å². The van der Waals surface area contributed by atoms with Crippen LogP contribution in [0, 0.1) is 5.92 Å². The Kier molecular flexibility index (Phi) is 8.49. The summed E-state index contributed by atoms with van der Waals surface area (Å²) < 4.78 is 40.4. The van der Waals surface area contributed by atoms with Gasteiger partial charge in [0.1, 0.15) is 5.75 Å². The Morgan fingerprint density at radius 3 is 2.53 bits per heavy atom. The van der Waals surface area contributed by atoms with E-state index in [1.165, 1.54) is 12.0 Å². The largest absolute Gasteiger partial charge is 0.494 e. The molecule has 0 amide bonds. The van der Waals surface area contributed by atoms with E-state index in [1.54, 1.807) is 0 Å². The van der Waals surface area contributed by atoms with Crippen molar-refractivity contribution in [3.63, 3.8) is 0 Å². The minimum atomic E-state index is -3.22. The van der Waals surface area contributed by atoms with Crippen molar-refractivity contribution in [3.8, 4) is 5.75 Å². The lowest BCUT2D eigenvalue weighted by molar-refractivity contribution is 0.00509. The molecule has 32 heavy (non-hydrogen) atoms. The molecular weight excluding hydrogens is 424 g/mol. The van der Waals surface area contributed by atoms with Crippen LogP contribution in [0.4, 0.5) is 0 Å². The van der Waals surface area contributed by atoms with Crippen molar-refractivity contribution in [2.24, 2.45) is 5.92 Å². The highest BCUT2D eigenvalue weighted by atomic mass is 32.2. The maximum Gasteiger partial charge on any atom is 0.212 e. The Morgan fingerprint density at radius 1 is 1.03 bits per heavy atom. The third-order valence-corrected chi connectivity index (χ3v) is 9.01. The van der Waals surface area contributed by atoms with E-state index in [0.29, 0.717) is 25.0 Å². The van der Waals surface area contributed by atoms with Gasteiger partial charge in [-0.25, -0.2) is 13.1 Å². The third kappa shape index (κ3) is 6.46. The average Bonchev–Trinajstić information content (AvgIpc) is 2.77. The Bertz CT molecular complexity index is 819. The second-order valence-corrected chi connectivity index (χ2v) is 11.6. The molecule has 180 valence electrons. The van der Waals surface area contributed by atoms with Gasteiger partial charge >= 0.3 is 0 Å². The van der Waals surface area contributed by atoms with Gasteiger partial charge in [-0.2, -0.15) is 0 Å². The van der Waals surface area contributed by atoms with Gasteiger partial charge in [-0.1, -0.05) is 24.6 Å². The van der Waals surface area contributed by atoms with Gasteiger partial charge in [0, 0.05) is 12.1 Å². The van der Waals surface area contributed by atoms with Gasteiger partial charge in [-0.05, 0) is 88.3 Å². The first-order valence-electron chi connectivity index (χ1n) is 12.6. The number of ether oxygens (including phenoxy) is 2. The second kappa shape index (κ2) is 11.3. The summed E-state index contributed by atoms with van der Waals surface area (Å²) in [5, 5.41) is 3.50. The Balaban J connectivity index is 1.25. The SMILES string of the molecule is CCOc1ccccc1C1CCC(OC[C@@H]2NCCC[C@@H]2NS(=O)(=O)CC2CCC2)CC1. The molecule has 2 atom stereocenters. The maximum absolute atomic E-state index is 12.6. The summed E-state index contributed by atoms with van der Waals surface area (Å²) in [6.45, 7) is 4.22. The molecule has 2 aliphatic carbocycles. The monoisotopic (exact) mass is 464 g/mol. The highest BCUT2D eigenvalue weighted by Crippen LogP contribution is 2.38. The number of hydrogen-bond donors (Lipinski definition) is 2. The smallest absolute Gasteiger partial charge is 0.212 e. The van der Waals surface area contributed by atoms with Gasteiger partial charge in [0.15, 0.2) is 0 Å². The summed E-state index contributed by atoms with van der Waals surface area (Å²) in [5.41, 5.74) is 1.32. The first-order valence-corrected chi connectivity index (χ1v) is 14.3. The Hall–Kier alpha value is -1.15. The van der Waals surface area contributed by atoms with Crippen LogP contribution in [0.15, 0.2) is 24.3 Å². The lowest BCUT2D eigenvalue weighted by Gasteiger charge is -2.36. The second-order valence-electron chi connectivity index (χ2n) is 9.78. The standard InChI is InChI=1S/C25H40N2O4S/c1-2-30-25-11-4-3-9-22(25)20-12-14-21(15-13-20)31-17-24-23(10-6-16-26-24)27-32(28,29)18-19-7-5-8-19/h3-4,9,11,19-21,23-24,26-27H,2,5-8,10,12-18H2,1H3/t20?,21?,23-,24-/m0/s1. The van der Waals surface area contributed by atoms with Gasteiger partial charge in [-0.15, -0.1) is 0 Å². The zero-order chi connectivity index (χ0) is 22.4. The molecule has 3 fully saturated rings. The average molecular weight is 465 g/mol. The molecule has 3 aliphatic rings. The molecule has 1 aliphatic heterocycles. The molecule has 2 N–H and O–H groups in total. The fourth-order valence-electron chi connectivity index (χ4n) is 5.40. The molecular formula is C25H40N2O4S. The van der Waals surface area contributed by atoms with Crippen LogP contribution < -0.4 is 14.8 Å². The van der Waals surface area contributed by atoms with Crippen molar-refractivity contribution in [1.82, 2.24) is 10.0 Å². The normalized spacial score (nSPS) is 29.4. The maximum atomic E-state index is 12.6. The van der Waals surface area contributed by atoms with Gasteiger partial charge in [0.25, 0.3) is 0 Å². The van der Waals surface area contributed by atoms with Crippen LogP contribution in [0.2, 0.25) is 0 Å². The van der Waals surface area contributed by atoms with Crippen molar-refractivity contribution in [2.45, 2.75) is 88.8 Å². The first kappa shape index (κ1) is 24.0. The summed E-state index contributed by atoms with van der Waals surface area (Å²) in [7, 11) is -3.22. The quantitative estimate of drug-likeness (QED) is 0.548. The molecule has 0 unspecified atom stereocenters. The van der Waals surface area contributed by atoms with Crippen LogP contribution in [0.3, 0.4) is 0 Å². The van der Waals surface area contributed by atoms with Crippen LogP contribution in [-0.2, 0) is 14.8 Å². The van der Waals surface area contributed by atoms with E-state index in [-0.39, 0.29) is 23.9 Å². The fourth-order valence-corrected chi connectivity index (χ4v) is 7.20. The van der Waals surface area contributed by atoms with Crippen molar-refractivity contribution < 1.29 is 17.9 Å². The molecule has 7 heteroatoms. The van der Waals surface area contributed by atoms with Crippen LogP contribution >= 0.6 is 0 Å². The number of piperidine rings is 1. The number of para-hydroxylation sites is 1. The first-order chi connectivity index (χ1) is 15.5. The molecule has 0 bridgehead atoms. The van der Waals surface area contributed by atoms with Gasteiger partial charge < -0.3 is 14.8 Å². The number of nitrogens with one attached hydrogen (secondary N) is 2. The van der Waals surface area contributed by atoms with Crippen LogP contribution in [0.5, 0.6) is 5.75 Å². The number of sulfonamides is 1. The molecule has 1 saturated heterocycles. The van der Waals surface area contributed by atoms with Gasteiger partial charge in [-0.3, -0.25) is 0 Å². The summed E-state index contributed by atoms with van der Waals surface area (Å²) in [6, 6.07) is 8.39. The Labute approximate surface area is 193 Å². The lowest BCUT2D eigenvalue weighted by Crippen LogP contribution is -2.56. The zero-order valence-electron chi connectivity index (χ0n) is 19.4. The molecule has 1 aromatic carbocycles. The molecule has 4 rings (SSSR count). The van der Waals surface area contributed by atoms with Crippen LogP contribution in [0.25, 0.3) is 0 Å². The molecule has 2 saturated carbocycles. The van der Waals surface area contributed by atoms with E-state index < -0.39 is 10.0 Å². The number of rotatable bonds is 10. The highest BCUT2D eigenvalue weighted by molar-refractivity contribution is 7.89. The van der Waals surface area contributed by atoms with Gasteiger partial charge in [0.2, 0.25) is 10.0 Å². The third-order valence-electron chi connectivity index (χ3n) is 7.44. The molecule has 1 heterocycles. The van der Waals surface area contributed by atoms with Crippen LogP contribution in [-0.4, -0.2) is 52.1 Å². The zero-order valence-corrected chi connectivity index (χ0v) is 20.2. The van der Waals surface area contributed by atoms with Crippen molar-refractivity contribution in [1.29, 1.82) is 0 Å². The summed E-state index contributed by atoms with van der Waals surface area (Å²) in [5.74, 6) is 2.17. The fraction of sp³-hybridized carbons (Fsp3) is 0.760. The molecule has 0 aromatic heterocycles. The van der Waals surface area contributed by atoms with E-state index >= 15 is 0 Å². The van der Waals surface area contributed by atoms with Crippen molar-refractivity contribution >= 4 is 10.0 Å². The van der Waals surface area contributed by atoms with Crippen LogP contribution in [0.1, 0.15) is 76.2 Å². The topological polar surface area (TPSA) is 76.7 Å². The minimum absolute atomic E-state index is 0.0521. The molecule has 0 radical (unpaired) electrons. The number of benzene rings is 1. The molecule has 1 aromatic rings. The van der Waals surface area contributed by atoms with E-state index in [2.05, 4.69) is 28.2 Å². The lowest BCUT2D eigenvalue weighted by atomic mass is 9.82. The number of hydrogen-bond acceptors (Lipinski definition) is 5. The van der Waals surface area contributed by atoms with E-state index in [4.69, 9.17) is 9.47 Å². The van der Waals surface area contributed by atoms with Crippen molar-refractivity contribution in [3.05, 3.63) is 29.8 Å². The van der Waals surface area contributed by atoms with Gasteiger partial charge in [0.05, 0.1) is 25.1 Å². The predicted molar refractivity (Wildman–Crippen MR) is 128 cm³/mol. The van der Waals surface area contributed by atoms with E-state index in [0.717, 1.165) is 63.7 Å².